The number of hydrogen-bond acceptors (Lipinski definition) is 4. The molecular formula is C17H16ClN3O. The molecule has 3 aromatic rings. The number of hydrogen-bond donors (Lipinski definition) is 1. The number of halogens is 1. The van der Waals surface area contributed by atoms with Crippen LogP contribution < -0.4 is 5.32 Å². The molecule has 0 radical (unpaired) electrons. The predicted octanol–water partition coefficient (Wildman–Crippen LogP) is 3.91. The minimum Gasteiger partial charge on any atom is -0.375 e. The zero-order valence-corrected chi connectivity index (χ0v) is 12.8. The van der Waals surface area contributed by atoms with Crippen LogP contribution >= 0.6 is 11.6 Å². The topological polar surface area (TPSA) is 47.0 Å². The highest BCUT2D eigenvalue weighted by Gasteiger charge is 2.01. The lowest BCUT2D eigenvalue weighted by Crippen LogP contribution is -2.10. The smallest absolute Gasteiger partial charge is 0.137 e. The number of ether oxygens (including phenoxy) is 1. The highest BCUT2D eigenvalue weighted by molar-refractivity contribution is 6.30. The fourth-order valence-corrected chi connectivity index (χ4v) is 2.28. The van der Waals surface area contributed by atoms with Crippen LogP contribution in [0.5, 0.6) is 0 Å². The fourth-order valence-electron chi connectivity index (χ4n) is 2.16. The predicted molar refractivity (Wildman–Crippen MR) is 89.1 cm³/mol. The second-order valence-electron chi connectivity index (χ2n) is 4.85. The normalized spacial score (nSPS) is 10.8. The Morgan fingerprint density at radius 1 is 1.00 bits per heavy atom. The van der Waals surface area contributed by atoms with E-state index < -0.39 is 0 Å². The van der Waals surface area contributed by atoms with Gasteiger partial charge in [-0.05, 0) is 29.8 Å². The molecule has 112 valence electrons. The number of benzene rings is 2. The van der Waals surface area contributed by atoms with Crippen molar-refractivity contribution in [2.75, 3.05) is 18.5 Å². The van der Waals surface area contributed by atoms with Crippen LogP contribution in [-0.2, 0) is 11.3 Å². The lowest BCUT2D eigenvalue weighted by Gasteiger charge is -2.09. The van der Waals surface area contributed by atoms with Gasteiger partial charge in [-0.3, -0.25) is 0 Å². The summed E-state index contributed by atoms with van der Waals surface area (Å²) in [7, 11) is 0. The van der Waals surface area contributed by atoms with Gasteiger partial charge < -0.3 is 10.1 Å². The lowest BCUT2D eigenvalue weighted by atomic mass is 10.2. The van der Waals surface area contributed by atoms with E-state index in [2.05, 4.69) is 15.3 Å². The van der Waals surface area contributed by atoms with Crippen LogP contribution in [0.2, 0.25) is 5.02 Å². The third-order valence-electron chi connectivity index (χ3n) is 3.26. The minimum absolute atomic E-state index is 0.573. The van der Waals surface area contributed by atoms with Crippen molar-refractivity contribution >= 4 is 28.3 Å². The highest BCUT2D eigenvalue weighted by Crippen LogP contribution is 2.17. The van der Waals surface area contributed by atoms with Crippen LogP contribution in [0.25, 0.3) is 10.9 Å². The molecule has 0 aliphatic rings. The van der Waals surface area contributed by atoms with Gasteiger partial charge in [0.2, 0.25) is 0 Å². The molecule has 1 heterocycles. The van der Waals surface area contributed by atoms with Gasteiger partial charge in [-0.2, -0.15) is 0 Å². The number of aromatic nitrogens is 2. The van der Waals surface area contributed by atoms with Gasteiger partial charge in [-0.25, -0.2) is 9.97 Å². The Bertz CT molecular complexity index is 741. The molecule has 3 rings (SSSR count). The molecule has 0 amide bonds. The first-order chi connectivity index (χ1) is 10.8. The summed E-state index contributed by atoms with van der Waals surface area (Å²) in [6.45, 7) is 1.86. The maximum atomic E-state index is 5.85. The second kappa shape index (κ2) is 7.20. The van der Waals surface area contributed by atoms with Crippen molar-refractivity contribution < 1.29 is 4.74 Å². The zero-order chi connectivity index (χ0) is 15.2. The molecular weight excluding hydrogens is 298 g/mol. The van der Waals surface area contributed by atoms with Crippen LogP contribution in [0.15, 0.2) is 54.9 Å². The maximum Gasteiger partial charge on any atom is 0.137 e. The molecule has 0 aliphatic heterocycles. The van der Waals surface area contributed by atoms with Crippen molar-refractivity contribution in [2.24, 2.45) is 0 Å². The van der Waals surface area contributed by atoms with Gasteiger partial charge in [-0.1, -0.05) is 35.9 Å². The first kappa shape index (κ1) is 14.8. The molecule has 4 nitrogen and oxygen atoms in total. The van der Waals surface area contributed by atoms with Crippen molar-refractivity contribution in [1.29, 1.82) is 0 Å². The van der Waals surface area contributed by atoms with Gasteiger partial charge in [0, 0.05) is 17.0 Å². The first-order valence-corrected chi connectivity index (χ1v) is 7.46. The summed E-state index contributed by atoms with van der Waals surface area (Å²) >= 11 is 5.85. The third kappa shape index (κ3) is 3.72. The molecule has 5 heteroatoms. The van der Waals surface area contributed by atoms with Crippen LogP contribution in [0, 0.1) is 0 Å². The number of rotatable bonds is 6. The van der Waals surface area contributed by atoms with Crippen molar-refractivity contribution in [1.82, 2.24) is 9.97 Å². The van der Waals surface area contributed by atoms with Gasteiger partial charge in [0.05, 0.1) is 18.7 Å². The quantitative estimate of drug-likeness (QED) is 0.701. The van der Waals surface area contributed by atoms with E-state index in [0.717, 1.165) is 27.3 Å². The number of nitrogens with zero attached hydrogens (tertiary/aromatic N) is 2. The number of fused-ring (bicyclic) bond motifs is 1. The Morgan fingerprint density at radius 3 is 2.68 bits per heavy atom. The largest absolute Gasteiger partial charge is 0.375 e. The van der Waals surface area contributed by atoms with Crippen molar-refractivity contribution in [3.05, 3.63) is 65.4 Å². The van der Waals surface area contributed by atoms with E-state index in [0.29, 0.717) is 19.8 Å². The third-order valence-corrected chi connectivity index (χ3v) is 3.52. The zero-order valence-electron chi connectivity index (χ0n) is 12.0. The molecule has 0 atom stereocenters. The first-order valence-electron chi connectivity index (χ1n) is 7.09. The maximum absolute atomic E-state index is 5.85. The fraction of sp³-hybridized carbons (Fsp3) is 0.176. The van der Waals surface area contributed by atoms with Gasteiger partial charge in [-0.15, -0.1) is 0 Å². The van der Waals surface area contributed by atoms with Crippen molar-refractivity contribution in [2.45, 2.75) is 6.61 Å². The second-order valence-corrected chi connectivity index (χ2v) is 5.28. The molecule has 22 heavy (non-hydrogen) atoms. The van der Waals surface area contributed by atoms with E-state index in [-0.39, 0.29) is 0 Å². The van der Waals surface area contributed by atoms with Crippen molar-refractivity contribution in [3.63, 3.8) is 0 Å². The molecule has 1 N–H and O–H groups in total. The Balaban J connectivity index is 1.49. The number of nitrogens with one attached hydrogen (secondary N) is 1. The van der Waals surface area contributed by atoms with E-state index in [1.54, 1.807) is 6.33 Å². The molecule has 0 fully saturated rings. The van der Waals surface area contributed by atoms with Crippen LogP contribution in [-0.4, -0.2) is 23.1 Å². The summed E-state index contributed by atoms with van der Waals surface area (Å²) in [4.78, 5) is 8.52. The van der Waals surface area contributed by atoms with E-state index in [4.69, 9.17) is 16.3 Å². The average Bonchev–Trinajstić information content (AvgIpc) is 2.56. The van der Waals surface area contributed by atoms with Crippen LogP contribution in [0.1, 0.15) is 5.56 Å². The summed E-state index contributed by atoms with van der Waals surface area (Å²) < 4.78 is 5.64. The van der Waals surface area contributed by atoms with Gasteiger partial charge in [0.1, 0.15) is 12.1 Å². The summed E-state index contributed by atoms with van der Waals surface area (Å²) in [5.41, 5.74) is 2.04. The Morgan fingerprint density at radius 2 is 1.82 bits per heavy atom. The molecule has 0 aliphatic carbocycles. The van der Waals surface area contributed by atoms with Gasteiger partial charge in [0.15, 0.2) is 0 Å². The van der Waals surface area contributed by atoms with Crippen LogP contribution in [0.3, 0.4) is 0 Å². The molecule has 0 unspecified atom stereocenters. The van der Waals surface area contributed by atoms with Gasteiger partial charge in [0.25, 0.3) is 0 Å². The monoisotopic (exact) mass is 313 g/mol. The Hall–Kier alpha value is -2.17. The van der Waals surface area contributed by atoms with Crippen LogP contribution in [0.4, 0.5) is 5.82 Å². The summed E-state index contributed by atoms with van der Waals surface area (Å²) in [6, 6.07) is 15.6. The van der Waals surface area contributed by atoms with E-state index in [9.17, 15) is 0 Å². The molecule has 0 spiro atoms. The van der Waals surface area contributed by atoms with Crippen molar-refractivity contribution in [3.8, 4) is 0 Å². The van der Waals surface area contributed by atoms with E-state index in [1.807, 2.05) is 48.5 Å². The Kier molecular flexibility index (Phi) is 4.83. The van der Waals surface area contributed by atoms with E-state index >= 15 is 0 Å². The number of para-hydroxylation sites is 1. The standard InChI is InChI=1S/C17H16ClN3O/c18-14-7-5-13(6-8-14)11-22-10-9-19-17-15-3-1-2-4-16(15)20-12-21-17/h1-8,12H,9-11H2,(H,19,20,21). The number of anilines is 1. The molecule has 0 saturated carbocycles. The molecule has 0 bridgehead atoms. The molecule has 1 aromatic heterocycles. The summed E-state index contributed by atoms with van der Waals surface area (Å²) in [5.74, 6) is 0.834. The molecule has 0 saturated heterocycles. The molecule has 2 aromatic carbocycles. The highest BCUT2D eigenvalue weighted by atomic mass is 35.5. The summed E-state index contributed by atoms with van der Waals surface area (Å²) in [6.07, 6.45) is 1.57. The minimum atomic E-state index is 0.573. The average molecular weight is 314 g/mol. The lowest BCUT2D eigenvalue weighted by molar-refractivity contribution is 0.130. The Labute approximate surface area is 134 Å². The van der Waals surface area contributed by atoms with E-state index in [1.165, 1.54) is 0 Å². The summed E-state index contributed by atoms with van der Waals surface area (Å²) in [5, 5.41) is 5.04. The van der Waals surface area contributed by atoms with Gasteiger partial charge >= 0.3 is 0 Å². The SMILES string of the molecule is Clc1ccc(COCCNc2ncnc3ccccc23)cc1.